The lowest BCUT2D eigenvalue weighted by molar-refractivity contribution is 0.123. The molecule has 0 aliphatic carbocycles. The van der Waals surface area contributed by atoms with Crippen molar-refractivity contribution in [2.45, 2.75) is 18.9 Å². The predicted octanol–water partition coefficient (Wildman–Crippen LogP) is 2.70. The lowest BCUT2D eigenvalue weighted by Crippen LogP contribution is -2.42. The normalized spacial score (nSPS) is 11.8. The van der Waals surface area contributed by atoms with E-state index in [1.54, 1.807) is 27.4 Å². The summed E-state index contributed by atoms with van der Waals surface area (Å²) in [6, 6.07) is 11.4. The van der Waals surface area contributed by atoms with Gasteiger partial charge in [0.2, 0.25) is 5.88 Å². The zero-order valence-corrected chi connectivity index (χ0v) is 14.7. The first-order chi connectivity index (χ1) is 11.1. The molecule has 0 amide bonds. The molecule has 0 bridgehead atoms. The minimum Gasteiger partial charge on any atom is -0.494 e. The second kappa shape index (κ2) is 7.65. The van der Waals surface area contributed by atoms with Crippen LogP contribution in [-0.2, 0) is 19.7 Å². The van der Waals surface area contributed by atoms with E-state index in [2.05, 4.69) is 0 Å². The van der Waals surface area contributed by atoms with E-state index in [0.717, 1.165) is 0 Å². The van der Waals surface area contributed by atoms with Crippen LogP contribution in [0.4, 0.5) is 0 Å². The van der Waals surface area contributed by atoms with Crippen LogP contribution in [0.2, 0.25) is 6.04 Å². The van der Waals surface area contributed by atoms with Gasteiger partial charge in [0.25, 0.3) is 0 Å². The number of benzene rings is 1. The average Bonchev–Trinajstić information content (AvgIpc) is 2.87. The smallest absolute Gasteiger partial charge is 0.494 e. The molecular weight excluding hydrogens is 314 g/mol. The van der Waals surface area contributed by atoms with Gasteiger partial charge in [-0.2, -0.15) is 0 Å². The monoisotopic (exact) mass is 337 g/mol. The summed E-state index contributed by atoms with van der Waals surface area (Å²) in [5.74, 6) is 0.0608. The Balaban J connectivity index is 2.11. The minimum atomic E-state index is -2.61. The van der Waals surface area contributed by atoms with Crippen molar-refractivity contribution in [2.75, 3.05) is 21.3 Å². The van der Waals surface area contributed by atoms with Crippen molar-refractivity contribution in [1.29, 1.82) is 0 Å². The van der Waals surface area contributed by atoms with Gasteiger partial charge in [-0.1, -0.05) is 18.2 Å². The molecule has 0 unspecified atom stereocenters. The molecule has 2 N–H and O–H groups in total. The van der Waals surface area contributed by atoms with Crippen molar-refractivity contribution in [3.8, 4) is 17.4 Å². The summed E-state index contributed by atoms with van der Waals surface area (Å²) in [5, 5.41) is 20.5. The summed E-state index contributed by atoms with van der Waals surface area (Å²) in [6.07, 6.45) is 1.30. The molecule has 2 aromatic rings. The van der Waals surface area contributed by atoms with Crippen LogP contribution in [0.15, 0.2) is 36.4 Å². The molecule has 0 atom stereocenters. The molecule has 0 saturated carbocycles. The van der Waals surface area contributed by atoms with Gasteiger partial charge >= 0.3 is 8.80 Å². The molecule has 0 radical (unpaired) electrons. The topological polar surface area (TPSA) is 73.1 Å². The Kier molecular flexibility index (Phi) is 5.84. The van der Waals surface area contributed by atoms with Gasteiger partial charge in [0.1, 0.15) is 0 Å². The Morgan fingerprint density at radius 2 is 1.61 bits per heavy atom. The zero-order valence-electron chi connectivity index (χ0n) is 13.7. The SMILES string of the molecule is CO[Si](CCCc1cc(O)n(-c2ccccc2)c1O)(OC)OC. The highest BCUT2D eigenvalue weighted by Crippen LogP contribution is 2.32. The van der Waals surface area contributed by atoms with E-state index in [9.17, 15) is 10.2 Å². The second-order valence-electron chi connectivity index (χ2n) is 5.17. The van der Waals surface area contributed by atoms with Crippen LogP contribution in [0.1, 0.15) is 12.0 Å². The van der Waals surface area contributed by atoms with Gasteiger partial charge in [0.15, 0.2) is 5.88 Å². The first-order valence-corrected chi connectivity index (χ1v) is 9.33. The van der Waals surface area contributed by atoms with Gasteiger partial charge in [-0.3, -0.25) is 4.57 Å². The van der Waals surface area contributed by atoms with Gasteiger partial charge in [-0.15, -0.1) is 0 Å². The van der Waals surface area contributed by atoms with Gasteiger partial charge in [0.05, 0.1) is 5.69 Å². The Labute approximate surface area is 137 Å². The maximum Gasteiger partial charge on any atom is 0.500 e. The fourth-order valence-corrected chi connectivity index (χ4v) is 4.33. The lowest BCUT2D eigenvalue weighted by atomic mass is 10.2. The van der Waals surface area contributed by atoms with Gasteiger partial charge in [-0.25, -0.2) is 0 Å². The molecule has 0 aliphatic rings. The molecule has 0 saturated heterocycles. The van der Waals surface area contributed by atoms with E-state index >= 15 is 0 Å². The van der Waals surface area contributed by atoms with Crippen LogP contribution >= 0.6 is 0 Å². The van der Waals surface area contributed by atoms with Crippen molar-refractivity contribution in [2.24, 2.45) is 0 Å². The molecule has 1 aromatic carbocycles. The highest BCUT2D eigenvalue weighted by molar-refractivity contribution is 6.60. The van der Waals surface area contributed by atoms with E-state index in [-0.39, 0.29) is 11.8 Å². The minimum absolute atomic E-state index is 0.0115. The lowest BCUT2D eigenvalue weighted by Gasteiger charge is -2.24. The van der Waals surface area contributed by atoms with Crippen molar-refractivity contribution in [3.05, 3.63) is 42.0 Å². The fraction of sp³-hybridized carbons (Fsp3) is 0.375. The molecule has 6 nitrogen and oxygen atoms in total. The fourth-order valence-electron chi connectivity index (χ4n) is 2.60. The van der Waals surface area contributed by atoms with Gasteiger partial charge in [0, 0.05) is 39.0 Å². The number of para-hydroxylation sites is 1. The first-order valence-electron chi connectivity index (χ1n) is 7.40. The van der Waals surface area contributed by atoms with Crippen LogP contribution in [0.25, 0.3) is 5.69 Å². The number of hydrogen-bond acceptors (Lipinski definition) is 5. The Morgan fingerprint density at radius 1 is 1.00 bits per heavy atom. The third-order valence-electron chi connectivity index (χ3n) is 3.91. The first kappa shape index (κ1) is 17.5. The second-order valence-corrected chi connectivity index (χ2v) is 8.26. The summed E-state index contributed by atoms with van der Waals surface area (Å²) in [5.41, 5.74) is 1.39. The molecule has 0 aliphatic heterocycles. The Morgan fingerprint density at radius 3 is 2.17 bits per heavy atom. The van der Waals surface area contributed by atoms with Crippen LogP contribution in [0.5, 0.6) is 11.8 Å². The van der Waals surface area contributed by atoms with Gasteiger partial charge < -0.3 is 23.5 Å². The number of rotatable bonds is 8. The van der Waals surface area contributed by atoms with Crippen LogP contribution in [0, 0.1) is 0 Å². The molecule has 126 valence electrons. The molecule has 1 aromatic heterocycles. The quantitative estimate of drug-likeness (QED) is 0.725. The summed E-state index contributed by atoms with van der Waals surface area (Å²) in [7, 11) is 2.12. The molecule has 0 fully saturated rings. The van der Waals surface area contributed by atoms with E-state index in [0.29, 0.717) is 30.1 Å². The van der Waals surface area contributed by atoms with Crippen LogP contribution < -0.4 is 0 Å². The van der Waals surface area contributed by atoms with Crippen molar-refractivity contribution in [1.82, 2.24) is 4.57 Å². The molecule has 7 heteroatoms. The standard InChI is InChI=1S/C16H23NO5Si/c1-20-23(21-2,22-3)11-7-8-13-12-15(18)17(16(13)19)14-9-5-4-6-10-14/h4-6,9-10,12,18-19H,7-8,11H2,1-3H3. The highest BCUT2D eigenvalue weighted by Gasteiger charge is 2.37. The predicted molar refractivity (Wildman–Crippen MR) is 89.0 cm³/mol. The third-order valence-corrected chi connectivity index (χ3v) is 6.74. The molecule has 2 rings (SSSR count). The molecule has 1 heterocycles. The van der Waals surface area contributed by atoms with E-state index in [4.69, 9.17) is 13.3 Å². The Bertz CT molecular complexity index is 617. The largest absolute Gasteiger partial charge is 0.500 e. The van der Waals surface area contributed by atoms with E-state index in [1.165, 1.54) is 4.57 Å². The average molecular weight is 337 g/mol. The number of hydrogen-bond donors (Lipinski definition) is 2. The van der Waals surface area contributed by atoms with Crippen molar-refractivity contribution in [3.63, 3.8) is 0 Å². The maximum atomic E-state index is 10.4. The Hall–Kier alpha value is -1.80. The van der Waals surface area contributed by atoms with E-state index < -0.39 is 8.80 Å². The zero-order chi connectivity index (χ0) is 16.9. The number of aromatic nitrogens is 1. The summed E-state index contributed by atoms with van der Waals surface area (Å²) >= 11 is 0. The molecule has 23 heavy (non-hydrogen) atoms. The van der Waals surface area contributed by atoms with Crippen molar-refractivity contribution < 1.29 is 23.5 Å². The summed E-state index contributed by atoms with van der Waals surface area (Å²) < 4.78 is 17.6. The number of aromatic hydroxyl groups is 2. The number of nitrogens with zero attached hydrogens (tertiary/aromatic N) is 1. The third kappa shape index (κ3) is 3.76. The molecule has 0 spiro atoms. The number of aryl methyl sites for hydroxylation is 1. The molecular formula is C16H23NO5Si. The summed E-state index contributed by atoms with van der Waals surface area (Å²) in [4.78, 5) is 0. The van der Waals surface area contributed by atoms with Crippen LogP contribution in [0.3, 0.4) is 0 Å². The van der Waals surface area contributed by atoms with Crippen molar-refractivity contribution >= 4 is 8.80 Å². The highest BCUT2D eigenvalue weighted by atomic mass is 28.4. The summed E-state index contributed by atoms with van der Waals surface area (Å²) in [6.45, 7) is 0. The van der Waals surface area contributed by atoms with Crippen LogP contribution in [-0.4, -0.2) is 44.9 Å². The maximum absolute atomic E-state index is 10.4. The van der Waals surface area contributed by atoms with E-state index in [1.807, 2.05) is 30.3 Å². The van der Waals surface area contributed by atoms with Gasteiger partial charge in [-0.05, 0) is 25.0 Å².